The van der Waals surface area contributed by atoms with Crippen LogP contribution in [0.2, 0.25) is 0 Å². The molecular weight excluding hydrogens is 323 g/mol. The van der Waals surface area contributed by atoms with Crippen LogP contribution in [0.15, 0.2) is 0 Å². The minimum Gasteiger partial charge on any atom is -0.428 e. The van der Waals surface area contributed by atoms with E-state index in [4.69, 9.17) is 9.47 Å². The molecule has 0 heterocycles. The molecule has 0 aromatic carbocycles. The van der Waals surface area contributed by atoms with Crippen LogP contribution in [0.5, 0.6) is 0 Å². The van der Waals surface area contributed by atoms with Crippen molar-refractivity contribution in [3.05, 3.63) is 0 Å². The Hall–Kier alpha value is -1.23. The molecule has 0 aliphatic heterocycles. The van der Waals surface area contributed by atoms with Crippen molar-refractivity contribution in [2.24, 2.45) is 0 Å². The van der Waals surface area contributed by atoms with Crippen molar-refractivity contribution in [3.8, 4) is 0 Å². The van der Waals surface area contributed by atoms with E-state index in [0.29, 0.717) is 25.7 Å². The molecule has 8 heteroatoms. The maximum Gasteiger partial charge on any atom is 0.516 e. The largest absolute Gasteiger partial charge is 0.516 e. The molecule has 0 aromatic rings. The second-order valence-corrected chi connectivity index (χ2v) is 7.88. The Morgan fingerprint density at radius 1 is 0.783 bits per heavy atom. The molecule has 7 nitrogen and oxygen atoms in total. The lowest BCUT2D eigenvalue weighted by atomic mass is 10.0. The summed E-state index contributed by atoms with van der Waals surface area (Å²) < 4.78 is 31.7. The van der Waals surface area contributed by atoms with Crippen LogP contribution >= 0.6 is 7.60 Å². The molecule has 0 atom stereocenters. The lowest BCUT2D eigenvalue weighted by molar-refractivity contribution is -0.0178. The zero-order chi connectivity index (χ0) is 18.3. The Bertz CT molecular complexity index is 415. The Morgan fingerprint density at radius 3 is 1.26 bits per heavy atom. The Morgan fingerprint density at radius 2 is 1.04 bits per heavy atom. The highest BCUT2D eigenvalue weighted by molar-refractivity contribution is 7.54. The van der Waals surface area contributed by atoms with Gasteiger partial charge in [-0.15, -0.1) is 0 Å². The first-order valence-corrected chi connectivity index (χ1v) is 9.86. The Kier molecular flexibility index (Phi) is 8.12. The van der Waals surface area contributed by atoms with Gasteiger partial charge in [0.15, 0.2) is 0 Å². The molecule has 23 heavy (non-hydrogen) atoms. The highest BCUT2D eigenvalue weighted by Crippen LogP contribution is 2.45. The van der Waals surface area contributed by atoms with E-state index in [1.165, 1.54) is 0 Å². The molecule has 0 fully saturated rings. The van der Waals surface area contributed by atoms with Crippen molar-refractivity contribution in [2.45, 2.75) is 78.4 Å². The third kappa shape index (κ3) is 7.73. The van der Waals surface area contributed by atoms with Crippen LogP contribution in [-0.2, 0) is 23.1 Å². The van der Waals surface area contributed by atoms with E-state index >= 15 is 0 Å². The van der Waals surface area contributed by atoms with Crippen LogP contribution in [0.25, 0.3) is 0 Å². The summed E-state index contributed by atoms with van der Waals surface area (Å²) in [6.45, 7) is 11.9. The summed E-state index contributed by atoms with van der Waals surface area (Å²) in [6.07, 6.45) is 0.0101. The molecule has 0 bridgehead atoms. The van der Waals surface area contributed by atoms with Gasteiger partial charge in [0.05, 0.1) is 6.66 Å². The number of hydrogen-bond donors (Lipinski definition) is 0. The summed E-state index contributed by atoms with van der Waals surface area (Å²) in [5.41, 5.74) is -1.44. The Balaban J connectivity index is 4.68. The van der Waals surface area contributed by atoms with Crippen molar-refractivity contribution in [3.63, 3.8) is 0 Å². The van der Waals surface area contributed by atoms with Gasteiger partial charge >= 0.3 is 19.9 Å². The first-order valence-electron chi connectivity index (χ1n) is 7.87. The average molecular weight is 352 g/mol. The fraction of sp³-hybridized carbons (Fsp3) is 0.867. The van der Waals surface area contributed by atoms with Gasteiger partial charge in [-0.2, -0.15) is 0 Å². The summed E-state index contributed by atoms with van der Waals surface area (Å²) in [4.78, 5) is 23.4. The Labute approximate surface area is 138 Å². The van der Waals surface area contributed by atoms with Crippen LogP contribution in [0.1, 0.15) is 67.2 Å². The van der Waals surface area contributed by atoms with Crippen molar-refractivity contribution in [1.82, 2.24) is 0 Å². The second-order valence-electron chi connectivity index (χ2n) is 5.97. The molecule has 0 aromatic heterocycles. The predicted octanol–water partition coefficient (Wildman–Crippen LogP) is 5.27. The third-order valence-corrected chi connectivity index (χ3v) is 5.09. The van der Waals surface area contributed by atoms with E-state index in [1.54, 1.807) is 13.8 Å². The van der Waals surface area contributed by atoms with Crippen LogP contribution in [0.4, 0.5) is 9.59 Å². The summed E-state index contributed by atoms with van der Waals surface area (Å²) in [5, 5.41) is 0. The lowest BCUT2D eigenvalue weighted by Gasteiger charge is -2.28. The molecule has 0 spiro atoms. The molecular formula is C15H29O7P. The number of carbonyl (C=O) groups excluding carboxylic acids is 2. The first kappa shape index (κ1) is 21.8. The normalized spacial score (nSPS) is 12.5. The fourth-order valence-electron chi connectivity index (χ4n) is 1.52. The van der Waals surface area contributed by atoms with E-state index < -0.39 is 31.1 Å². The van der Waals surface area contributed by atoms with Crippen LogP contribution in [0.3, 0.4) is 0 Å². The quantitative estimate of drug-likeness (QED) is 0.434. The molecule has 0 aliphatic rings. The molecule has 0 saturated heterocycles. The summed E-state index contributed by atoms with van der Waals surface area (Å²) in [5.74, 6) is 0. The van der Waals surface area contributed by atoms with Gasteiger partial charge in [0.1, 0.15) is 11.2 Å². The zero-order valence-electron chi connectivity index (χ0n) is 15.1. The number of carbonyl (C=O) groups is 2. The molecule has 0 unspecified atom stereocenters. The monoisotopic (exact) mass is 352 g/mol. The molecule has 0 saturated carbocycles. The average Bonchev–Trinajstić information content (AvgIpc) is 2.45. The fourth-order valence-corrected chi connectivity index (χ4v) is 2.17. The summed E-state index contributed by atoms with van der Waals surface area (Å²) >= 11 is 0. The predicted molar refractivity (Wildman–Crippen MR) is 86.6 cm³/mol. The smallest absolute Gasteiger partial charge is 0.428 e. The molecule has 0 rings (SSSR count). The van der Waals surface area contributed by atoms with Gasteiger partial charge in [0.25, 0.3) is 0 Å². The maximum absolute atomic E-state index is 12.1. The van der Waals surface area contributed by atoms with Crippen molar-refractivity contribution < 1.29 is 32.7 Å². The van der Waals surface area contributed by atoms with E-state index in [-0.39, 0.29) is 0 Å². The highest BCUT2D eigenvalue weighted by atomic mass is 31.2. The minimum atomic E-state index is -3.97. The van der Waals surface area contributed by atoms with E-state index in [2.05, 4.69) is 9.05 Å². The van der Waals surface area contributed by atoms with E-state index in [0.717, 1.165) is 6.66 Å². The van der Waals surface area contributed by atoms with Crippen LogP contribution in [0, 0.1) is 0 Å². The van der Waals surface area contributed by atoms with Gasteiger partial charge in [-0.05, 0) is 39.5 Å². The van der Waals surface area contributed by atoms with Gasteiger partial charge in [0.2, 0.25) is 0 Å². The molecule has 0 radical (unpaired) electrons. The summed E-state index contributed by atoms with van der Waals surface area (Å²) in [7, 11) is -3.97. The van der Waals surface area contributed by atoms with Gasteiger partial charge in [-0.1, -0.05) is 27.7 Å². The lowest BCUT2D eigenvalue weighted by Crippen LogP contribution is -2.31. The van der Waals surface area contributed by atoms with E-state index in [9.17, 15) is 14.2 Å². The van der Waals surface area contributed by atoms with Gasteiger partial charge in [-0.3, -0.25) is 0 Å². The molecule has 136 valence electrons. The molecule has 0 aliphatic carbocycles. The zero-order valence-corrected chi connectivity index (χ0v) is 16.0. The van der Waals surface area contributed by atoms with Crippen LogP contribution in [-0.4, -0.2) is 30.2 Å². The molecule has 0 amide bonds. The summed E-state index contributed by atoms with van der Waals surface area (Å²) in [6, 6.07) is 0. The topological polar surface area (TPSA) is 88.1 Å². The number of hydrogen-bond acceptors (Lipinski definition) is 7. The van der Waals surface area contributed by atoms with Gasteiger partial charge in [0, 0.05) is 0 Å². The van der Waals surface area contributed by atoms with Crippen molar-refractivity contribution >= 4 is 19.9 Å². The van der Waals surface area contributed by atoms with Crippen molar-refractivity contribution in [2.75, 3.05) is 6.66 Å². The van der Waals surface area contributed by atoms with Crippen molar-refractivity contribution in [1.29, 1.82) is 0 Å². The maximum atomic E-state index is 12.1. The minimum absolute atomic E-state index is 0.570. The number of ether oxygens (including phenoxy) is 2. The SMILES string of the molecule is CCC(C)(CC)OC(=O)OP(C)(=O)OC(=O)OC(C)(CC)CC. The van der Waals surface area contributed by atoms with Crippen LogP contribution < -0.4 is 0 Å². The standard InChI is InChI=1S/C15H29O7P/c1-8-14(5,9-2)19-12(16)21-23(7,18)22-13(17)20-15(6,10-3)11-4/h8-11H2,1-7H3. The van der Waals surface area contributed by atoms with Gasteiger partial charge < -0.3 is 18.5 Å². The van der Waals surface area contributed by atoms with E-state index in [1.807, 2.05) is 27.7 Å². The highest BCUT2D eigenvalue weighted by Gasteiger charge is 2.34. The van der Waals surface area contributed by atoms with Gasteiger partial charge in [-0.25, -0.2) is 14.2 Å². The second kappa shape index (κ2) is 8.57. The third-order valence-electron chi connectivity index (χ3n) is 4.13. The first-order chi connectivity index (χ1) is 10.4. The molecule has 0 N–H and O–H groups in total. The number of rotatable bonds is 8.